The number of hydrogen-bond donors (Lipinski definition) is 1. The molecule has 7 heteroatoms. The van der Waals surface area contributed by atoms with E-state index in [-0.39, 0.29) is 5.82 Å². The molecule has 0 radical (unpaired) electrons. The largest absolute Gasteiger partial charge is 0.443 e. The Bertz CT molecular complexity index is 767. The van der Waals surface area contributed by atoms with Gasteiger partial charge in [-0.05, 0) is 19.4 Å². The number of aromatic nitrogens is 2. The first kappa shape index (κ1) is 15.2. The van der Waals surface area contributed by atoms with Gasteiger partial charge in [0.05, 0.1) is 25.0 Å². The van der Waals surface area contributed by atoms with Crippen LogP contribution in [0.2, 0.25) is 0 Å². The van der Waals surface area contributed by atoms with Crippen LogP contribution in [0.1, 0.15) is 31.0 Å². The van der Waals surface area contributed by atoms with Gasteiger partial charge in [-0.25, -0.2) is 14.4 Å². The molecule has 0 bridgehead atoms. The molecule has 1 aliphatic rings. The monoisotopic (exact) mass is 315 g/mol. The fraction of sp³-hybridized carbons (Fsp3) is 0.312. The van der Waals surface area contributed by atoms with Crippen LogP contribution in [0.3, 0.4) is 0 Å². The SMILES string of the molecule is CCc1c(F)ccnc1CN1CC(N)=NC(c2ncco2)=C1C. The summed E-state index contributed by atoms with van der Waals surface area (Å²) in [6.45, 7) is 4.74. The summed E-state index contributed by atoms with van der Waals surface area (Å²) in [5.41, 5.74) is 8.74. The Morgan fingerprint density at radius 1 is 1.35 bits per heavy atom. The first-order valence-electron chi connectivity index (χ1n) is 7.41. The predicted molar refractivity (Wildman–Crippen MR) is 84.7 cm³/mol. The van der Waals surface area contributed by atoms with Crippen LogP contribution in [0.5, 0.6) is 0 Å². The van der Waals surface area contributed by atoms with Crippen LogP contribution in [0.15, 0.2) is 39.8 Å². The fourth-order valence-electron chi connectivity index (χ4n) is 2.64. The number of aliphatic imine (C=N–C) groups is 1. The van der Waals surface area contributed by atoms with E-state index in [1.807, 2.05) is 18.7 Å². The van der Waals surface area contributed by atoms with Gasteiger partial charge in [0.15, 0.2) is 0 Å². The molecule has 2 aromatic rings. The summed E-state index contributed by atoms with van der Waals surface area (Å²) in [6, 6.07) is 1.38. The van der Waals surface area contributed by atoms with Gasteiger partial charge in [-0.15, -0.1) is 0 Å². The maximum absolute atomic E-state index is 13.9. The molecule has 0 saturated carbocycles. The summed E-state index contributed by atoms with van der Waals surface area (Å²) >= 11 is 0. The molecule has 120 valence electrons. The van der Waals surface area contributed by atoms with Crippen LogP contribution in [-0.4, -0.2) is 27.2 Å². The van der Waals surface area contributed by atoms with Gasteiger partial charge < -0.3 is 15.1 Å². The molecule has 6 nitrogen and oxygen atoms in total. The summed E-state index contributed by atoms with van der Waals surface area (Å²) < 4.78 is 19.3. The predicted octanol–water partition coefficient (Wildman–Crippen LogP) is 2.33. The Morgan fingerprint density at radius 3 is 2.87 bits per heavy atom. The third kappa shape index (κ3) is 2.94. The topological polar surface area (TPSA) is 80.5 Å². The van der Waals surface area contributed by atoms with Crippen molar-refractivity contribution >= 4 is 11.5 Å². The van der Waals surface area contributed by atoms with E-state index < -0.39 is 0 Å². The summed E-state index contributed by atoms with van der Waals surface area (Å²) in [7, 11) is 0. The average molecular weight is 315 g/mol. The molecule has 0 spiro atoms. The van der Waals surface area contributed by atoms with E-state index in [9.17, 15) is 4.39 Å². The molecule has 2 aromatic heterocycles. The molecule has 0 aromatic carbocycles. The molecule has 0 fully saturated rings. The number of halogens is 1. The van der Waals surface area contributed by atoms with Crippen molar-refractivity contribution in [1.29, 1.82) is 0 Å². The van der Waals surface area contributed by atoms with Crippen LogP contribution in [0, 0.1) is 5.82 Å². The normalized spacial score (nSPS) is 15.1. The average Bonchev–Trinajstić information content (AvgIpc) is 3.05. The van der Waals surface area contributed by atoms with Crippen LogP contribution in [0.25, 0.3) is 5.70 Å². The van der Waals surface area contributed by atoms with Gasteiger partial charge in [0.25, 0.3) is 0 Å². The standard InChI is InChI=1S/C16H18FN5O/c1-3-11-12(17)4-5-19-13(11)8-22-9-14(18)21-15(10(22)2)16-20-6-7-23-16/h4-7H,3,8-9H2,1-2H3,(H2,18,21). The molecule has 23 heavy (non-hydrogen) atoms. The lowest BCUT2D eigenvalue weighted by Crippen LogP contribution is -2.36. The Morgan fingerprint density at radius 2 is 2.17 bits per heavy atom. The second kappa shape index (κ2) is 6.20. The number of nitrogens with zero attached hydrogens (tertiary/aromatic N) is 4. The fourth-order valence-corrected chi connectivity index (χ4v) is 2.64. The quantitative estimate of drug-likeness (QED) is 0.936. The maximum Gasteiger partial charge on any atom is 0.246 e. The van der Waals surface area contributed by atoms with Crippen molar-refractivity contribution in [3.8, 4) is 0 Å². The van der Waals surface area contributed by atoms with E-state index in [4.69, 9.17) is 10.2 Å². The van der Waals surface area contributed by atoms with Crippen molar-refractivity contribution in [2.45, 2.75) is 26.8 Å². The zero-order valence-electron chi connectivity index (χ0n) is 13.1. The number of rotatable bonds is 4. The highest BCUT2D eigenvalue weighted by molar-refractivity contribution is 5.90. The third-order valence-corrected chi connectivity index (χ3v) is 3.84. The Hall–Kier alpha value is -2.70. The van der Waals surface area contributed by atoms with Gasteiger partial charge >= 0.3 is 0 Å². The molecule has 3 heterocycles. The first-order valence-corrected chi connectivity index (χ1v) is 7.41. The summed E-state index contributed by atoms with van der Waals surface area (Å²) in [6.07, 6.45) is 5.12. The first-order chi connectivity index (χ1) is 11.1. The third-order valence-electron chi connectivity index (χ3n) is 3.84. The van der Waals surface area contributed by atoms with Crippen molar-refractivity contribution in [1.82, 2.24) is 14.9 Å². The molecular weight excluding hydrogens is 297 g/mol. The van der Waals surface area contributed by atoms with Crippen molar-refractivity contribution in [3.05, 3.63) is 53.4 Å². The minimum atomic E-state index is -0.231. The lowest BCUT2D eigenvalue weighted by molar-refractivity contribution is 0.370. The highest BCUT2D eigenvalue weighted by Crippen LogP contribution is 2.26. The second-order valence-electron chi connectivity index (χ2n) is 5.30. The number of nitrogens with two attached hydrogens (primary N) is 1. The summed E-state index contributed by atoms with van der Waals surface area (Å²) in [5.74, 6) is 0.641. The van der Waals surface area contributed by atoms with Crippen LogP contribution >= 0.6 is 0 Å². The Labute approximate surface area is 133 Å². The number of pyridine rings is 1. The molecular formula is C16H18FN5O. The van der Waals surface area contributed by atoms with Crippen LogP contribution in [-0.2, 0) is 13.0 Å². The number of amidine groups is 1. The zero-order chi connectivity index (χ0) is 16.4. The number of hydrogen-bond acceptors (Lipinski definition) is 6. The van der Waals surface area contributed by atoms with Gasteiger partial charge in [-0.1, -0.05) is 6.92 Å². The molecule has 1 aliphatic heterocycles. The van der Waals surface area contributed by atoms with Crippen molar-refractivity contribution in [3.63, 3.8) is 0 Å². The molecule has 3 rings (SSSR count). The van der Waals surface area contributed by atoms with Crippen molar-refractivity contribution < 1.29 is 8.81 Å². The van der Waals surface area contributed by atoms with E-state index in [1.54, 1.807) is 6.20 Å². The summed E-state index contributed by atoms with van der Waals surface area (Å²) in [4.78, 5) is 14.8. The molecule has 0 atom stereocenters. The van der Waals surface area contributed by atoms with Crippen LogP contribution < -0.4 is 5.73 Å². The second-order valence-corrected chi connectivity index (χ2v) is 5.30. The van der Waals surface area contributed by atoms with E-state index in [1.165, 1.54) is 18.5 Å². The summed E-state index contributed by atoms with van der Waals surface area (Å²) in [5, 5.41) is 0. The van der Waals surface area contributed by atoms with E-state index >= 15 is 0 Å². The Balaban J connectivity index is 1.95. The molecule has 0 aliphatic carbocycles. The van der Waals surface area contributed by atoms with Crippen molar-refractivity contribution in [2.24, 2.45) is 10.7 Å². The van der Waals surface area contributed by atoms with E-state index in [0.29, 0.717) is 48.2 Å². The Kier molecular flexibility index (Phi) is 4.10. The van der Waals surface area contributed by atoms with Gasteiger partial charge in [0.1, 0.15) is 23.6 Å². The molecule has 0 unspecified atom stereocenters. The molecule has 0 amide bonds. The number of oxazole rings is 1. The van der Waals surface area contributed by atoms with Crippen LogP contribution in [0.4, 0.5) is 4.39 Å². The van der Waals surface area contributed by atoms with Gasteiger partial charge in [-0.2, -0.15) is 0 Å². The van der Waals surface area contributed by atoms with Gasteiger partial charge in [-0.3, -0.25) is 4.98 Å². The lowest BCUT2D eigenvalue weighted by Gasteiger charge is -2.29. The van der Waals surface area contributed by atoms with E-state index in [0.717, 1.165) is 5.70 Å². The lowest BCUT2D eigenvalue weighted by atomic mass is 10.1. The van der Waals surface area contributed by atoms with Gasteiger partial charge in [0.2, 0.25) is 5.89 Å². The number of allylic oxidation sites excluding steroid dienone is 1. The van der Waals surface area contributed by atoms with Crippen molar-refractivity contribution in [2.75, 3.05) is 6.54 Å². The highest BCUT2D eigenvalue weighted by Gasteiger charge is 2.23. The van der Waals surface area contributed by atoms with Gasteiger partial charge in [0, 0.05) is 17.5 Å². The zero-order valence-corrected chi connectivity index (χ0v) is 13.1. The molecule has 2 N–H and O–H groups in total. The highest BCUT2D eigenvalue weighted by atomic mass is 19.1. The smallest absolute Gasteiger partial charge is 0.246 e. The van der Waals surface area contributed by atoms with E-state index in [2.05, 4.69) is 15.0 Å². The maximum atomic E-state index is 13.9. The molecule has 0 saturated heterocycles. The minimum absolute atomic E-state index is 0.231. The minimum Gasteiger partial charge on any atom is -0.443 e.